The van der Waals surface area contributed by atoms with E-state index >= 15 is 0 Å². The maximum atomic E-state index is 12.2. The van der Waals surface area contributed by atoms with E-state index in [1.165, 1.54) is 23.1 Å². The molecule has 2 N–H and O–H groups in total. The summed E-state index contributed by atoms with van der Waals surface area (Å²) >= 11 is 8.30. The van der Waals surface area contributed by atoms with Crippen LogP contribution in [0.4, 0.5) is 10.8 Å². The number of halogens is 1. The minimum Gasteiger partial charge on any atom is -0.325 e. The van der Waals surface area contributed by atoms with Gasteiger partial charge in [-0.25, -0.2) is 0 Å². The first-order chi connectivity index (χ1) is 13.4. The molecular weight excluding hydrogens is 416 g/mol. The lowest BCUT2D eigenvalue weighted by Gasteiger charge is -2.06. The number of thioether (sulfide) groups is 1. The van der Waals surface area contributed by atoms with Crippen molar-refractivity contribution in [1.82, 2.24) is 10.2 Å². The van der Waals surface area contributed by atoms with Gasteiger partial charge < -0.3 is 5.32 Å². The van der Waals surface area contributed by atoms with Crippen LogP contribution in [-0.2, 0) is 4.79 Å². The fourth-order valence-corrected chi connectivity index (χ4v) is 4.13. The van der Waals surface area contributed by atoms with Gasteiger partial charge in [-0.2, -0.15) is 0 Å². The fraction of sp³-hybridized carbons (Fsp3) is 0.158. The van der Waals surface area contributed by atoms with Gasteiger partial charge in [0, 0.05) is 16.3 Å². The van der Waals surface area contributed by atoms with E-state index in [4.69, 9.17) is 11.6 Å². The van der Waals surface area contributed by atoms with Gasteiger partial charge in [0.1, 0.15) is 0 Å². The van der Waals surface area contributed by atoms with Crippen LogP contribution >= 0.6 is 34.7 Å². The quantitative estimate of drug-likeness (QED) is 0.432. The summed E-state index contributed by atoms with van der Waals surface area (Å²) in [5, 5.41) is 14.4. The van der Waals surface area contributed by atoms with Crippen LogP contribution in [-0.4, -0.2) is 27.8 Å². The number of hydrogen-bond acceptors (Lipinski definition) is 6. The molecule has 0 aliphatic carbocycles. The minimum absolute atomic E-state index is 0.128. The van der Waals surface area contributed by atoms with Gasteiger partial charge in [-0.15, -0.1) is 10.2 Å². The molecule has 9 heteroatoms. The van der Waals surface area contributed by atoms with Gasteiger partial charge in [-0.05, 0) is 61.4 Å². The molecular formula is C19H17ClN4O2S2. The van der Waals surface area contributed by atoms with E-state index in [1.54, 1.807) is 24.3 Å². The number of aromatic nitrogens is 2. The van der Waals surface area contributed by atoms with Crippen LogP contribution in [0.3, 0.4) is 0 Å². The van der Waals surface area contributed by atoms with Crippen LogP contribution in [0.15, 0.2) is 46.8 Å². The summed E-state index contributed by atoms with van der Waals surface area (Å²) in [6.07, 6.45) is 0. The molecule has 3 rings (SSSR count). The maximum absolute atomic E-state index is 12.2. The predicted octanol–water partition coefficient (Wildman–Crippen LogP) is 4.79. The third-order valence-corrected chi connectivity index (χ3v) is 5.79. The van der Waals surface area contributed by atoms with E-state index in [0.717, 1.165) is 16.8 Å². The highest BCUT2D eigenvalue weighted by atomic mass is 35.5. The molecule has 0 aliphatic rings. The Hall–Kier alpha value is -2.42. The summed E-state index contributed by atoms with van der Waals surface area (Å²) in [6, 6.07) is 12.4. The van der Waals surface area contributed by atoms with Gasteiger partial charge >= 0.3 is 0 Å². The standard InChI is InChI=1S/C19H17ClN4O2S2/c1-11-7-12(2)9-15(8-11)21-16(25)10-27-19-24-23-18(28-19)22-17(26)13-3-5-14(20)6-4-13/h3-9H,10H2,1-2H3,(H,21,25)(H,22,23,26). The second-order valence-electron chi connectivity index (χ2n) is 6.05. The number of carbonyl (C=O) groups excluding carboxylic acids is 2. The van der Waals surface area contributed by atoms with Crippen molar-refractivity contribution in [2.24, 2.45) is 0 Å². The molecule has 1 aromatic heterocycles. The molecule has 6 nitrogen and oxygen atoms in total. The zero-order chi connectivity index (χ0) is 20.1. The summed E-state index contributed by atoms with van der Waals surface area (Å²) in [6.45, 7) is 3.97. The Kier molecular flexibility index (Phi) is 6.66. The van der Waals surface area contributed by atoms with Crippen molar-refractivity contribution < 1.29 is 9.59 Å². The molecule has 3 aromatic rings. The van der Waals surface area contributed by atoms with Crippen LogP contribution in [0.2, 0.25) is 5.02 Å². The number of anilines is 2. The third kappa shape index (κ3) is 5.79. The Morgan fingerprint density at radius 2 is 1.71 bits per heavy atom. The van der Waals surface area contributed by atoms with E-state index in [2.05, 4.69) is 20.8 Å². The Labute approximate surface area is 175 Å². The Morgan fingerprint density at radius 1 is 1.04 bits per heavy atom. The van der Waals surface area contributed by atoms with E-state index in [0.29, 0.717) is 20.1 Å². The van der Waals surface area contributed by atoms with E-state index in [-0.39, 0.29) is 17.6 Å². The first-order valence-electron chi connectivity index (χ1n) is 8.30. The van der Waals surface area contributed by atoms with Crippen LogP contribution in [0.1, 0.15) is 21.5 Å². The molecule has 0 saturated carbocycles. The highest BCUT2D eigenvalue weighted by molar-refractivity contribution is 8.01. The monoisotopic (exact) mass is 432 g/mol. The van der Waals surface area contributed by atoms with Crippen molar-refractivity contribution in [2.45, 2.75) is 18.2 Å². The number of nitrogens with zero attached hydrogens (tertiary/aromatic N) is 2. The highest BCUT2D eigenvalue weighted by Crippen LogP contribution is 2.26. The molecule has 0 fully saturated rings. The molecule has 28 heavy (non-hydrogen) atoms. The molecule has 0 spiro atoms. The van der Waals surface area contributed by atoms with Crippen molar-refractivity contribution in [3.8, 4) is 0 Å². The van der Waals surface area contributed by atoms with Crippen molar-refractivity contribution in [2.75, 3.05) is 16.4 Å². The first-order valence-corrected chi connectivity index (χ1v) is 10.5. The number of carbonyl (C=O) groups is 2. The van der Waals surface area contributed by atoms with E-state index in [1.807, 2.05) is 32.0 Å². The summed E-state index contributed by atoms with van der Waals surface area (Å²) in [5.74, 6) is -0.221. The molecule has 0 radical (unpaired) electrons. The maximum Gasteiger partial charge on any atom is 0.257 e. The lowest BCUT2D eigenvalue weighted by molar-refractivity contribution is -0.113. The number of nitrogens with one attached hydrogen (secondary N) is 2. The summed E-state index contributed by atoms with van der Waals surface area (Å²) < 4.78 is 0.599. The molecule has 0 saturated heterocycles. The molecule has 144 valence electrons. The van der Waals surface area contributed by atoms with Crippen molar-refractivity contribution >= 4 is 57.3 Å². The Bertz CT molecular complexity index is 985. The normalized spacial score (nSPS) is 10.5. The second-order valence-corrected chi connectivity index (χ2v) is 8.68. The SMILES string of the molecule is Cc1cc(C)cc(NC(=O)CSc2nnc(NC(=O)c3ccc(Cl)cc3)s2)c1. The van der Waals surface area contributed by atoms with Gasteiger partial charge in [-0.1, -0.05) is 40.8 Å². The largest absolute Gasteiger partial charge is 0.325 e. The molecule has 0 atom stereocenters. The van der Waals surface area contributed by atoms with Crippen molar-refractivity contribution in [3.63, 3.8) is 0 Å². The first kappa shape index (κ1) is 20.3. The average molecular weight is 433 g/mol. The third-order valence-electron chi connectivity index (χ3n) is 3.57. The van der Waals surface area contributed by atoms with Crippen LogP contribution in [0.5, 0.6) is 0 Å². The lowest BCUT2D eigenvalue weighted by Crippen LogP contribution is -2.14. The van der Waals surface area contributed by atoms with Crippen LogP contribution < -0.4 is 10.6 Å². The molecule has 0 aliphatic heterocycles. The zero-order valence-corrected chi connectivity index (χ0v) is 17.5. The van der Waals surface area contributed by atoms with Crippen LogP contribution in [0, 0.1) is 13.8 Å². The van der Waals surface area contributed by atoms with Crippen molar-refractivity contribution in [1.29, 1.82) is 0 Å². The number of rotatable bonds is 6. The van der Waals surface area contributed by atoms with Gasteiger partial charge in [0.15, 0.2) is 4.34 Å². The van der Waals surface area contributed by atoms with Crippen LogP contribution in [0.25, 0.3) is 0 Å². The number of benzene rings is 2. The Morgan fingerprint density at radius 3 is 2.39 bits per heavy atom. The Balaban J connectivity index is 1.52. The van der Waals surface area contributed by atoms with Gasteiger partial charge in [-0.3, -0.25) is 14.9 Å². The van der Waals surface area contributed by atoms with E-state index < -0.39 is 0 Å². The predicted molar refractivity (Wildman–Crippen MR) is 115 cm³/mol. The molecule has 2 aromatic carbocycles. The number of hydrogen-bond donors (Lipinski definition) is 2. The second kappa shape index (κ2) is 9.18. The summed E-state index contributed by atoms with van der Waals surface area (Å²) in [7, 11) is 0. The molecule has 0 bridgehead atoms. The molecule has 2 amide bonds. The minimum atomic E-state index is -0.295. The summed E-state index contributed by atoms with van der Waals surface area (Å²) in [4.78, 5) is 24.3. The zero-order valence-electron chi connectivity index (χ0n) is 15.2. The van der Waals surface area contributed by atoms with Gasteiger partial charge in [0.25, 0.3) is 5.91 Å². The van der Waals surface area contributed by atoms with Gasteiger partial charge in [0.05, 0.1) is 5.75 Å². The molecule has 1 heterocycles. The highest BCUT2D eigenvalue weighted by Gasteiger charge is 2.12. The van der Waals surface area contributed by atoms with Gasteiger partial charge in [0.2, 0.25) is 11.0 Å². The van der Waals surface area contributed by atoms with Crippen molar-refractivity contribution in [3.05, 3.63) is 64.2 Å². The van der Waals surface area contributed by atoms with E-state index in [9.17, 15) is 9.59 Å². The fourth-order valence-electron chi connectivity index (χ4n) is 2.46. The topological polar surface area (TPSA) is 84.0 Å². The molecule has 0 unspecified atom stereocenters. The number of aryl methyl sites for hydroxylation is 2. The smallest absolute Gasteiger partial charge is 0.257 e. The lowest BCUT2D eigenvalue weighted by atomic mass is 10.1. The average Bonchev–Trinajstić information content (AvgIpc) is 3.07. The number of amides is 2. The summed E-state index contributed by atoms with van der Waals surface area (Å²) in [5.41, 5.74) is 3.43.